The van der Waals surface area contributed by atoms with Crippen molar-refractivity contribution in [3.05, 3.63) is 202 Å². The van der Waals surface area contributed by atoms with Gasteiger partial charge in [0.2, 0.25) is 0 Å². The van der Waals surface area contributed by atoms with E-state index in [0.717, 1.165) is 0 Å². The molecule has 0 heteroatoms. The highest BCUT2D eigenvalue weighted by atomic mass is 14.5. The van der Waals surface area contributed by atoms with Crippen LogP contribution in [0.1, 0.15) is 86.1 Å². The minimum atomic E-state index is -0.180. The lowest BCUT2D eigenvalue weighted by Gasteiger charge is -2.30. The minimum absolute atomic E-state index is 0.0522. The first kappa shape index (κ1) is 31.5. The van der Waals surface area contributed by atoms with E-state index >= 15 is 0 Å². The first-order valence-corrected chi connectivity index (χ1v) is 18.6. The maximum Gasteiger partial charge on any atom is 0.0725 e. The lowest BCUT2D eigenvalue weighted by Crippen LogP contribution is -2.25. The molecule has 4 aliphatic rings. The van der Waals surface area contributed by atoms with E-state index in [0.29, 0.717) is 0 Å². The van der Waals surface area contributed by atoms with Crippen molar-refractivity contribution in [3.8, 4) is 44.5 Å². The van der Waals surface area contributed by atoms with Crippen molar-refractivity contribution in [2.75, 3.05) is 0 Å². The molecule has 248 valence electrons. The van der Waals surface area contributed by atoms with E-state index in [4.69, 9.17) is 0 Å². The summed E-state index contributed by atoms with van der Waals surface area (Å²) in [5.41, 5.74) is 22.7. The molecule has 0 heterocycles. The number of fused-ring (bicyclic) bond motifs is 17. The van der Waals surface area contributed by atoms with E-state index < -0.39 is 0 Å². The molecule has 0 fully saturated rings. The molecule has 7 aromatic rings. The lowest BCUT2D eigenvalue weighted by molar-refractivity contribution is 0.601. The summed E-state index contributed by atoms with van der Waals surface area (Å²) in [4.78, 5) is 0. The van der Waals surface area contributed by atoms with Crippen molar-refractivity contribution in [3.63, 3.8) is 0 Å². The van der Waals surface area contributed by atoms with Crippen LogP contribution in [0.4, 0.5) is 0 Å². The van der Waals surface area contributed by atoms with Crippen LogP contribution in [0.2, 0.25) is 0 Å². The second kappa shape index (κ2) is 11.3. The van der Waals surface area contributed by atoms with E-state index in [1.807, 2.05) is 13.8 Å². The zero-order valence-corrected chi connectivity index (χ0v) is 30.5. The van der Waals surface area contributed by atoms with E-state index in [-0.39, 0.29) is 16.2 Å². The molecule has 1 spiro atoms. The van der Waals surface area contributed by atoms with Crippen LogP contribution in [0.5, 0.6) is 0 Å². The van der Waals surface area contributed by atoms with Crippen LogP contribution < -0.4 is 0 Å². The zero-order chi connectivity index (χ0) is 35.1. The standard InChI is InChI=1S/C25H16.C24H22.C2H6/c1-5-13-21-17(9-1)18-10-2-6-14-22(18)25(21)23-15-7-3-11-19(23)20-12-4-8-16-24(20)25;1-23(2)19-11-7-5-9-15(19)17-13-14-18-16-10-6-8-12-20(16)24(3,4)22(18)21(17)23;1-2/h1-16H;5-14H,1-4H3;1-2H3. The van der Waals surface area contributed by atoms with Crippen LogP contribution in [-0.2, 0) is 16.2 Å². The Bertz CT molecular complexity index is 2230. The van der Waals surface area contributed by atoms with E-state index in [1.54, 1.807) is 0 Å². The molecule has 51 heavy (non-hydrogen) atoms. The van der Waals surface area contributed by atoms with Gasteiger partial charge in [-0.3, -0.25) is 0 Å². The lowest BCUT2D eigenvalue weighted by atomic mass is 9.70. The number of hydrogen-bond donors (Lipinski definition) is 0. The predicted octanol–water partition coefficient (Wildman–Crippen LogP) is 13.4. The van der Waals surface area contributed by atoms with Crippen LogP contribution in [0.3, 0.4) is 0 Å². The molecular formula is C51H44. The molecule has 0 atom stereocenters. The summed E-state index contributed by atoms with van der Waals surface area (Å²) in [6, 6.07) is 58.2. The third-order valence-corrected chi connectivity index (χ3v) is 12.1. The molecule has 0 nitrogen and oxygen atoms in total. The third kappa shape index (κ3) is 4.02. The third-order valence-electron chi connectivity index (χ3n) is 12.1. The molecular weight excluding hydrogens is 613 g/mol. The van der Waals surface area contributed by atoms with Gasteiger partial charge in [0, 0.05) is 10.8 Å². The minimum Gasteiger partial charge on any atom is -0.0683 e. The van der Waals surface area contributed by atoms with Crippen LogP contribution in [0.15, 0.2) is 158 Å². The van der Waals surface area contributed by atoms with Crippen LogP contribution in [0, 0.1) is 0 Å². The van der Waals surface area contributed by atoms with Crippen LogP contribution >= 0.6 is 0 Å². The van der Waals surface area contributed by atoms with Gasteiger partial charge < -0.3 is 0 Å². The van der Waals surface area contributed by atoms with Crippen LogP contribution in [0.25, 0.3) is 44.5 Å². The Morgan fingerprint density at radius 3 is 0.745 bits per heavy atom. The second-order valence-corrected chi connectivity index (χ2v) is 15.2. The molecule has 7 aromatic carbocycles. The first-order chi connectivity index (χ1) is 24.9. The van der Waals surface area contributed by atoms with E-state index in [2.05, 4.69) is 185 Å². The number of benzene rings is 7. The first-order valence-electron chi connectivity index (χ1n) is 18.6. The van der Waals surface area contributed by atoms with E-state index in [9.17, 15) is 0 Å². The summed E-state index contributed by atoms with van der Waals surface area (Å²) in [6.45, 7) is 13.5. The van der Waals surface area contributed by atoms with Gasteiger partial charge in [-0.2, -0.15) is 0 Å². The van der Waals surface area contributed by atoms with Crippen molar-refractivity contribution in [2.45, 2.75) is 57.8 Å². The Kier molecular flexibility index (Phi) is 6.97. The Morgan fingerprint density at radius 1 is 0.255 bits per heavy atom. The summed E-state index contributed by atoms with van der Waals surface area (Å²) < 4.78 is 0. The highest BCUT2D eigenvalue weighted by Gasteiger charge is 2.51. The quantitative estimate of drug-likeness (QED) is 0.152. The monoisotopic (exact) mass is 656 g/mol. The maximum atomic E-state index is 2.39. The van der Waals surface area contributed by atoms with E-state index in [1.165, 1.54) is 89.0 Å². The van der Waals surface area contributed by atoms with Crippen molar-refractivity contribution >= 4 is 0 Å². The molecule has 0 saturated carbocycles. The summed E-state index contributed by atoms with van der Waals surface area (Å²) >= 11 is 0. The molecule has 0 aromatic heterocycles. The van der Waals surface area contributed by atoms with Gasteiger partial charge in [0.15, 0.2) is 0 Å². The molecule has 0 unspecified atom stereocenters. The SMILES string of the molecule is CC.CC1(C)c2ccccc2-c2ccc3c(c21)C(C)(C)c1ccccc1-3.c1ccc2c(c1)-c1ccccc1C21c2ccccc2-c2ccccc21. The average molecular weight is 657 g/mol. The fourth-order valence-electron chi connectivity index (χ4n) is 10.2. The smallest absolute Gasteiger partial charge is 0.0683 e. The van der Waals surface area contributed by atoms with Gasteiger partial charge in [0.25, 0.3) is 0 Å². The highest BCUT2D eigenvalue weighted by molar-refractivity contribution is 5.95. The molecule has 0 amide bonds. The molecule has 0 aliphatic heterocycles. The van der Waals surface area contributed by atoms with Gasteiger partial charge >= 0.3 is 0 Å². The molecule has 0 radical (unpaired) electrons. The van der Waals surface area contributed by atoms with Crippen molar-refractivity contribution in [1.29, 1.82) is 0 Å². The molecule has 11 rings (SSSR count). The number of rotatable bonds is 0. The highest BCUT2D eigenvalue weighted by Crippen LogP contribution is 2.63. The zero-order valence-electron chi connectivity index (χ0n) is 30.5. The summed E-state index contributed by atoms with van der Waals surface area (Å²) in [6.07, 6.45) is 0. The number of hydrogen-bond acceptors (Lipinski definition) is 0. The summed E-state index contributed by atoms with van der Waals surface area (Å²) in [5, 5.41) is 0. The molecule has 0 saturated heterocycles. The Hall–Kier alpha value is -5.46. The van der Waals surface area contributed by atoms with Gasteiger partial charge in [0.1, 0.15) is 0 Å². The van der Waals surface area contributed by atoms with Crippen molar-refractivity contribution in [1.82, 2.24) is 0 Å². The fraction of sp³-hybridized carbons (Fsp3) is 0.176. The van der Waals surface area contributed by atoms with Gasteiger partial charge in [-0.1, -0.05) is 199 Å². The largest absolute Gasteiger partial charge is 0.0725 e. The van der Waals surface area contributed by atoms with Crippen molar-refractivity contribution in [2.24, 2.45) is 0 Å². The normalized spacial score (nSPS) is 15.7. The Labute approximate surface area is 303 Å². The molecule has 4 aliphatic carbocycles. The van der Waals surface area contributed by atoms with Gasteiger partial charge in [-0.05, 0) is 89.0 Å². The summed E-state index contributed by atoms with van der Waals surface area (Å²) in [5.74, 6) is 0. The predicted molar refractivity (Wildman–Crippen MR) is 216 cm³/mol. The van der Waals surface area contributed by atoms with Gasteiger partial charge in [0.05, 0.1) is 5.41 Å². The maximum absolute atomic E-state index is 2.39. The second-order valence-electron chi connectivity index (χ2n) is 15.2. The fourth-order valence-corrected chi connectivity index (χ4v) is 10.2. The summed E-state index contributed by atoms with van der Waals surface area (Å²) in [7, 11) is 0. The van der Waals surface area contributed by atoms with Gasteiger partial charge in [-0.15, -0.1) is 0 Å². The Balaban J connectivity index is 0.000000130. The van der Waals surface area contributed by atoms with Crippen LogP contribution in [-0.4, -0.2) is 0 Å². The molecule has 0 N–H and O–H groups in total. The van der Waals surface area contributed by atoms with Crippen molar-refractivity contribution < 1.29 is 0 Å². The Morgan fingerprint density at radius 2 is 0.471 bits per heavy atom. The topological polar surface area (TPSA) is 0 Å². The average Bonchev–Trinajstić information content (AvgIpc) is 3.81. The molecule has 0 bridgehead atoms. The van der Waals surface area contributed by atoms with Gasteiger partial charge in [-0.25, -0.2) is 0 Å².